The van der Waals surface area contributed by atoms with Crippen LogP contribution in [-0.4, -0.2) is 36.6 Å². The molecule has 0 aromatic carbocycles. The van der Waals surface area contributed by atoms with E-state index in [9.17, 15) is 0 Å². The van der Waals surface area contributed by atoms with E-state index in [0.29, 0.717) is 5.54 Å². The van der Waals surface area contributed by atoms with Gasteiger partial charge in [0.25, 0.3) is 0 Å². The highest BCUT2D eigenvalue weighted by Crippen LogP contribution is 2.39. The van der Waals surface area contributed by atoms with E-state index in [1.165, 1.54) is 51.9 Å². The molecule has 2 fully saturated rings. The molecule has 2 heteroatoms. The van der Waals surface area contributed by atoms with Crippen LogP contribution in [0.2, 0.25) is 0 Å². The summed E-state index contributed by atoms with van der Waals surface area (Å²) in [6, 6.07) is 0. The first-order valence-corrected chi connectivity index (χ1v) is 7.16. The number of rotatable bonds is 3. The van der Waals surface area contributed by atoms with Gasteiger partial charge in [0.2, 0.25) is 0 Å². The summed E-state index contributed by atoms with van der Waals surface area (Å²) in [6.07, 6.45) is 5.60. The number of hydrogen-bond donors (Lipinski definition) is 1. The fourth-order valence-electron chi connectivity index (χ4n) is 3.87. The molecular formula is C14H28N2. The van der Waals surface area contributed by atoms with E-state index >= 15 is 0 Å². The highest BCUT2D eigenvalue weighted by Gasteiger charge is 2.44. The Kier molecular flexibility index (Phi) is 3.91. The quantitative estimate of drug-likeness (QED) is 0.792. The normalized spacial score (nSPS) is 37.1. The summed E-state index contributed by atoms with van der Waals surface area (Å²) < 4.78 is 0. The zero-order valence-electron chi connectivity index (χ0n) is 11.3. The lowest BCUT2D eigenvalue weighted by molar-refractivity contribution is 0.0787. The van der Waals surface area contributed by atoms with Crippen LogP contribution in [0.15, 0.2) is 0 Å². The second-order valence-corrected chi connectivity index (χ2v) is 5.96. The van der Waals surface area contributed by atoms with E-state index < -0.39 is 0 Å². The molecule has 0 aromatic rings. The van der Waals surface area contributed by atoms with Crippen molar-refractivity contribution < 1.29 is 0 Å². The summed E-state index contributed by atoms with van der Waals surface area (Å²) in [6.45, 7) is 12.2. The second-order valence-electron chi connectivity index (χ2n) is 5.96. The van der Waals surface area contributed by atoms with Gasteiger partial charge in [-0.05, 0) is 57.2 Å². The average Bonchev–Trinajstić information content (AvgIpc) is 2.79. The lowest BCUT2D eigenvalue weighted by atomic mass is 9.71. The van der Waals surface area contributed by atoms with E-state index in [4.69, 9.17) is 0 Å². The van der Waals surface area contributed by atoms with Crippen molar-refractivity contribution in [2.45, 2.75) is 52.0 Å². The van der Waals surface area contributed by atoms with Crippen molar-refractivity contribution in [1.82, 2.24) is 10.2 Å². The van der Waals surface area contributed by atoms with Crippen LogP contribution >= 0.6 is 0 Å². The minimum atomic E-state index is 0.452. The van der Waals surface area contributed by atoms with E-state index in [1.807, 2.05) is 0 Å². The highest BCUT2D eigenvalue weighted by molar-refractivity contribution is 5.02. The smallest absolute Gasteiger partial charge is 0.0245 e. The Labute approximate surface area is 101 Å². The van der Waals surface area contributed by atoms with Crippen molar-refractivity contribution >= 4 is 0 Å². The molecule has 2 saturated heterocycles. The topological polar surface area (TPSA) is 15.3 Å². The molecule has 0 aliphatic carbocycles. The van der Waals surface area contributed by atoms with Gasteiger partial charge >= 0.3 is 0 Å². The van der Waals surface area contributed by atoms with Gasteiger partial charge in [-0.25, -0.2) is 0 Å². The van der Waals surface area contributed by atoms with Gasteiger partial charge in [-0.15, -0.1) is 0 Å². The van der Waals surface area contributed by atoms with Crippen molar-refractivity contribution in [3.63, 3.8) is 0 Å². The molecule has 0 spiro atoms. The van der Waals surface area contributed by atoms with Crippen molar-refractivity contribution in [2.24, 2.45) is 11.8 Å². The SMILES string of the molecule is CCN1CCCC(C2(C(C)C)CCCN2)C1. The maximum Gasteiger partial charge on any atom is 0.0245 e. The molecule has 2 heterocycles. The third-order valence-corrected chi connectivity index (χ3v) is 4.93. The van der Waals surface area contributed by atoms with Gasteiger partial charge in [-0.2, -0.15) is 0 Å². The van der Waals surface area contributed by atoms with Gasteiger partial charge in [0.05, 0.1) is 0 Å². The Balaban J connectivity index is 2.08. The fraction of sp³-hybridized carbons (Fsp3) is 1.00. The van der Waals surface area contributed by atoms with Crippen LogP contribution in [-0.2, 0) is 0 Å². The average molecular weight is 224 g/mol. The predicted molar refractivity (Wildman–Crippen MR) is 69.6 cm³/mol. The molecule has 0 radical (unpaired) electrons. The van der Waals surface area contributed by atoms with Crippen molar-refractivity contribution in [3.8, 4) is 0 Å². The fourth-order valence-corrected chi connectivity index (χ4v) is 3.87. The van der Waals surface area contributed by atoms with Crippen LogP contribution in [0, 0.1) is 11.8 Å². The Bertz CT molecular complexity index is 219. The number of nitrogens with zero attached hydrogens (tertiary/aromatic N) is 1. The molecule has 94 valence electrons. The summed E-state index contributed by atoms with van der Waals surface area (Å²) in [5, 5.41) is 3.86. The van der Waals surface area contributed by atoms with Gasteiger partial charge < -0.3 is 10.2 Å². The van der Waals surface area contributed by atoms with E-state index in [0.717, 1.165) is 11.8 Å². The summed E-state index contributed by atoms with van der Waals surface area (Å²) in [4.78, 5) is 2.64. The highest BCUT2D eigenvalue weighted by atomic mass is 15.1. The van der Waals surface area contributed by atoms with Gasteiger partial charge in [0.1, 0.15) is 0 Å². The Morgan fingerprint density at radius 2 is 2.19 bits per heavy atom. The molecule has 0 saturated carbocycles. The maximum atomic E-state index is 3.86. The van der Waals surface area contributed by atoms with E-state index in [2.05, 4.69) is 31.0 Å². The van der Waals surface area contributed by atoms with Gasteiger partial charge in [-0.3, -0.25) is 0 Å². The van der Waals surface area contributed by atoms with Crippen LogP contribution in [0.3, 0.4) is 0 Å². The number of nitrogens with one attached hydrogen (secondary N) is 1. The predicted octanol–water partition coefficient (Wildman–Crippen LogP) is 2.50. The van der Waals surface area contributed by atoms with Crippen molar-refractivity contribution in [1.29, 1.82) is 0 Å². The molecule has 16 heavy (non-hydrogen) atoms. The third kappa shape index (κ3) is 2.14. The molecule has 2 aliphatic rings. The molecule has 1 N–H and O–H groups in total. The van der Waals surface area contributed by atoms with Gasteiger partial charge in [0.15, 0.2) is 0 Å². The first kappa shape index (κ1) is 12.4. The lowest BCUT2D eigenvalue weighted by Gasteiger charge is -2.46. The molecule has 2 rings (SSSR count). The Hall–Kier alpha value is -0.0800. The summed E-state index contributed by atoms with van der Waals surface area (Å²) >= 11 is 0. The number of hydrogen-bond acceptors (Lipinski definition) is 2. The van der Waals surface area contributed by atoms with Gasteiger partial charge in [0, 0.05) is 12.1 Å². The molecule has 0 bridgehead atoms. The molecule has 2 nitrogen and oxygen atoms in total. The lowest BCUT2D eigenvalue weighted by Crippen LogP contribution is -2.56. The molecular weight excluding hydrogens is 196 g/mol. The Morgan fingerprint density at radius 3 is 2.75 bits per heavy atom. The zero-order valence-corrected chi connectivity index (χ0v) is 11.3. The van der Waals surface area contributed by atoms with Crippen molar-refractivity contribution in [2.75, 3.05) is 26.2 Å². The van der Waals surface area contributed by atoms with E-state index in [-0.39, 0.29) is 0 Å². The molecule has 0 aromatic heterocycles. The van der Waals surface area contributed by atoms with Crippen LogP contribution in [0.4, 0.5) is 0 Å². The summed E-state index contributed by atoms with van der Waals surface area (Å²) in [7, 11) is 0. The van der Waals surface area contributed by atoms with Gasteiger partial charge in [-0.1, -0.05) is 20.8 Å². The Morgan fingerprint density at radius 1 is 1.38 bits per heavy atom. The summed E-state index contributed by atoms with van der Waals surface area (Å²) in [5.41, 5.74) is 0.452. The van der Waals surface area contributed by atoms with E-state index in [1.54, 1.807) is 0 Å². The van der Waals surface area contributed by atoms with Crippen LogP contribution in [0.5, 0.6) is 0 Å². The van der Waals surface area contributed by atoms with Crippen LogP contribution < -0.4 is 5.32 Å². The van der Waals surface area contributed by atoms with Crippen LogP contribution in [0.1, 0.15) is 46.5 Å². The maximum absolute atomic E-state index is 3.86. The number of likely N-dealkylation sites (tertiary alicyclic amines) is 1. The standard InChI is InChI=1S/C14H28N2/c1-4-16-10-5-7-13(11-16)14(12(2)3)8-6-9-15-14/h12-13,15H,4-11H2,1-3H3. The largest absolute Gasteiger partial charge is 0.311 e. The first-order valence-electron chi connectivity index (χ1n) is 7.16. The minimum absolute atomic E-state index is 0.452. The summed E-state index contributed by atoms with van der Waals surface area (Å²) in [5.74, 6) is 1.65. The molecule has 2 atom stereocenters. The number of piperidine rings is 1. The monoisotopic (exact) mass is 224 g/mol. The third-order valence-electron chi connectivity index (χ3n) is 4.93. The molecule has 2 unspecified atom stereocenters. The first-order chi connectivity index (χ1) is 7.69. The van der Waals surface area contributed by atoms with Crippen LogP contribution in [0.25, 0.3) is 0 Å². The molecule has 0 amide bonds. The molecule has 2 aliphatic heterocycles. The minimum Gasteiger partial charge on any atom is -0.311 e. The van der Waals surface area contributed by atoms with Crippen molar-refractivity contribution in [3.05, 3.63) is 0 Å². The zero-order chi connectivity index (χ0) is 11.6. The second kappa shape index (κ2) is 5.05.